The van der Waals surface area contributed by atoms with Crippen LogP contribution >= 0.6 is 11.8 Å². The predicted molar refractivity (Wildman–Crippen MR) is 93.8 cm³/mol. The summed E-state index contributed by atoms with van der Waals surface area (Å²) >= 11 is 1.42. The van der Waals surface area contributed by atoms with Gasteiger partial charge in [-0.25, -0.2) is 13.8 Å². The number of nitrogens with zero attached hydrogens (tertiary/aromatic N) is 2. The van der Waals surface area contributed by atoms with Crippen molar-refractivity contribution in [2.45, 2.75) is 24.3 Å². The molecule has 0 aliphatic rings. The average Bonchev–Trinajstić information content (AvgIpc) is 2.63. The minimum absolute atomic E-state index is 0.123. The zero-order valence-electron chi connectivity index (χ0n) is 13.6. The molecule has 0 saturated carbocycles. The van der Waals surface area contributed by atoms with Crippen molar-refractivity contribution >= 4 is 11.8 Å². The number of hydrogen-bond donors (Lipinski definition) is 0. The highest BCUT2D eigenvalue weighted by atomic mass is 32.2. The summed E-state index contributed by atoms with van der Waals surface area (Å²) < 4.78 is 32.3. The molecule has 128 valence electrons. The first kappa shape index (κ1) is 17.4. The van der Waals surface area contributed by atoms with Crippen LogP contribution in [0.2, 0.25) is 0 Å². The second-order valence-corrected chi connectivity index (χ2v) is 6.22. The molecule has 2 aromatic carbocycles. The highest BCUT2D eigenvalue weighted by Crippen LogP contribution is 2.26. The molecule has 0 radical (unpaired) electrons. The first-order valence-corrected chi connectivity index (χ1v) is 8.80. The lowest BCUT2D eigenvalue weighted by molar-refractivity contribution is 0.421. The van der Waals surface area contributed by atoms with Gasteiger partial charge in [0, 0.05) is 17.5 Å². The van der Waals surface area contributed by atoms with Crippen LogP contribution in [0.5, 0.6) is 11.6 Å². The van der Waals surface area contributed by atoms with E-state index in [-0.39, 0.29) is 11.6 Å². The molecule has 1 aromatic heterocycles. The summed E-state index contributed by atoms with van der Waals surface area (Å²) in [5, 5.41) is 0.537. The van der Waals surface area contributed by atoms with Crippen molar-refractivity contribution in [2.24, 2.45) is 0 Å². The van der Waals surface area contributed by atoms with E-state index in [0.717, 1.165) is 11.3 Å². The Labute approximate surface area is 149 Å². The van der Waals surface area contributed by atoms with Gasteiger partial charge in [-0.2, -0.15) is 4.98 Å². The summed E-state index contributed by atoms with van der Waals surface area (Å²) in [6, 6.07) is 14.2. The van der Waals surface area contributed by atoms with Gasteiger partial charge < -0.3 is 4.74 Å². The van der Waals surface area contributed by atoms with E-state index >= 15 is 0 Å². The summed E-state index contributed by atoms with van der Waals surface area (Å²) in [5.74, 6) is 0.321. The molecule has 0 aliphatic carbocycles. The molecule has 0 saturated heterocycles. The van der Waals surface area contributed by atoms with Crippen LogP contribution in [0.25, 0.3) is 0 Å². The first-order valence-electron chi connectivity index (χ1n) is 7.81. The Hall–Kier alpha value is -2.47. The van der Waals surface area contributed by atoms with Gasteiger partial charge in [-0.1, -0.05) is 43.0 Å². The highest BCUT2D eigenvalue weighted by molar-refractivity contribution is 7.98. The summed E-state index contributed by atoms with van der Waals surface area (Å²) in [6.45, 7) is 1.98. The molecule has 0 bridgehead atoms. The summed E-state index contributed by atoms with van der Waals surface area (Å²) in [4.78, 5) is 8.79. The zero-order valence-corrected chi connectivity index (χ0v) is 14.4. The molecule has 3 aromatic rings. The number of rotatable bonds is 6. The number of thioether (sulfide) groups is 1. The van der Waals surface area contributed by atoms with Crippen LogP contribution in [0, 0.1) is 11.6 Å². The number of aromatic nitrogens is 2. The summed E-state index contributed by atoms with van der Waals surface area (Å²) in [5.41, 5.74) is 1.77. The van der Waals surface area contributed by atoms with Crippen LogP contribution in [0.15, 0.2) is 59.8 Å². The van der Waals surface area contributed by atoms with Crippen molar-refractivity contribution in [2.75, 3.05) is 0 Å². The Bertz CT molecular complexity index is 856. The molecule has 0 amide bonds. The molecule has 3 rings (SSSR count). The first-order chi connectivity index (χ1) is 12.1. The topological polar surface area (TPSA) is 35.0 Å². The lowest BCUT2D eigenvalue weighted by Crippen LogP contribution is -1.98. The van der Waals surface area contributed by atoms with Crippen LogP contribution in [0.3, 0.4) is 0 Å². The molecular formula is C19H16F2N2OS. The maximum atomic E-state index is 13.8. The Balaban J connectivity index is 1.77. The molecule has 6 heteroatoms. The zero-order chi connectivity index (χ0) is 17.6. The van der Waals surface area contributed by atoms with Crippen molar-refractivity contribution in [1.82, 2.24) is 9.97 Å². The quantitative estimate of drug-likeness (QED) is 0.436. The van der Waals surface area contributed by atoms with E-state index in [1.165, 1.54) is 30.0 Å². The predicted octanol–water partition coefficient (Wildman–Crippen LogP) is 5.40. The molecule has 0 atom stereocenters. The molecule has 0 spiro atoms. The Morgan fingerprint density at radius 2 is 1.76 bits per heavy atom. The van der Waals surface area contributed by atoms with E-state index in [1.54, 1.807) is 36.4 Å². The third kappa shape index (κ3) is 4.76. The molecule has 1 heterocycles. The Morgan fingerprint density at radius 3 is 2.48 bits per heavy atom. The largest absolute Gasteiger partial charge is 0.436 e. The summed E-state index contributed by atoms with van der Waals surface area (Å²) in [7, 11) is 0. The smallest absolute Gasteiger partial charge is 0.223 e. The van der Waals surface area contributed by atoms with Gasteiger partial charge in [0.1, 0.15) is 5.82 Å². The number of hydrogen-bond acceptors (Lipinski definition) is 4. The normalized spacial score (nSPS) is 10.7. The second kappa shape index (κ2) is 8.07. The van der Waals surface area contributed by atoms with E-state index in [4.69, 9.17) is 4.74 Å². The van der Waals surface area contributed by atoms with E-state index in [1.807, 2.05) is 6.92 Å². The van der Waals surface area contributed by atoms with Crippen molar-refractivity contribution in [3.63, 3.8) is 0 Å². The van der Waals surface area contributed by atoms with Gasteiger partial charge in [0.15, 0.2) is 16.7 Å². The van der Waals surface area contributed by atoms with Gasteiger partial charge in [0.05, 0.1) is 0 Å². The SMILES string of the molecule is CCc1cc(Oc2ccccc2F)nc(SCc2ccc(F)cc2)n1. The van der Waals surface area contributed by atoms with Gasteiger partial charge in [0.2, 0.25) is 5.88 Å². The number of aryl methyl sites for hydroxylation is 1. The second-order valence-electron chi connectivity index (χ2n) is 5.28. The van der Waals surface area contributed by atoms with Gasteiger partial charge in [0.25, 0.3) is 0 Å². The fourth-order valence-electron chi connectivity index (χ4n) is 2.12. The third-order valence-electron chi connectivity index (χ3n) is 3.43. The van der Waals surface area contributed by atoms with Gasteiger partial charge >= 0.3 is 0 Å². The van der Waals surface area contributed by atoms with E-state index in [0.29, 0.717) is 23.2 Å². The lowest BCUT2D eigenvalue weighted by Gasteiger charge is -2.09. The van der Waals surface area contributed by atoms with Crippen LogP contribution in [-0.4, -0.2) is 9.97 Å². The third-order valence-corrected chi connectivity index (χ3v) is 4.35. The van der Waals surface area contributed by atoms with Crippen molar-refractivity contribution in [3.05, 3.63) is 77.5 Å². The van der Waals surface area contributed by atoms with Crippen molar-refractivity contribution < 1.29 is 13.5 Å². The number of halogens is 2. The van der Waals surface area contributed by atoms with E-state index in [9.17, 15) is 8.78 Å². The molecule has 0 unspecified atom stereocenters. The lowest BCUT2D eigenvalue weighted by atomic mass is 10.2. The summed E-state index contributed by atoms with van der Waals surface area (Å²) in [6.07, 6.45) is 0.709. The molecule has 3 nitrogen and oxygen atoms in total. The van der Waals surface area contributed by atoms with Gasteiger partial charge in [-0.3, -0.25) is 0 Å². The van der Waals surface area contributed by atoms with Crippen LogP contribution in [0.1, 0.15) is 18.2 Å². The van der Waals surface area contributed by atoms with E-state index in [2.05, 4.69) is 9.97 Å². The van der Waals surface area contributed by atoms with Crippen molar-refractivity contribution in [3.8, 4) is 11.6 Å². The molecule has 0 N–H and O–H groups in total. The maximum absolute atomic E-state index is 13.8. The Kier molecular flexibility index (Phi) is 5.60. The highest BCUT2D eigenvalue weighted by Gasteiger charge is 2.09. The molecular weight excluding hydrogens is 342 g/mol. The molecule has 0 fully saturated rings. The number of ether oxygens (including phenoxy) is 1. The standard InChI is InChI=1S/C19H16F2N2OS/c1-2-15-11-18(24-17-6-4-3-5-16(17)21)23-19(22-15)25-12-13-7-9-14(20)10-8-13/h3-11H,2,12H2,1H3. The molecule has 25 heavy (non-hydrogen) atoms. The van der Waals surface area contributed by atoms with Crippen molar-refractivity contribution in [1.29, 1.82) is 0 Å². The Morgan fingerprint density at radius 1 is 1.00 bits per heavy atom. The maximum Gasteiger partial charge on any atom is 0.223 e. The number of benzene rings is 2. The monoisotopic (exact) mass is 358 g/mol. The fourth-order valence-corrected chi connectivity index (χ4v) is 2.94. The van der Waals surface area contributed by atoms with E-state index < -0.39 is 5.82 Å². The van der Waals surface area contributed by atoms with Gasteiger partial charge in [-0.05, 0) is 36.2 Å². The number of para-hydroxylation sites is 1. The van der Waals surface area contributed by atoms with Crippen LogP contribution < -0.4 is 4.74 Å². The fraction of sp³-hybridized carbons (Fsp3) is 0.158. The average molecular weight is 358 g/mol. The minimum Gasteiger partial charge on any atom is -0.436 e. The minimum atomic E-state index is -0.445. The van der Waals surface area contributed by atoms with Crippen LogP contribution in [-0.2, 0) is 12.2 Å². The van der Waals surface area contributed by atoms with Gasteiger partial charge in [-0.15, -0.1) is 0 Å². The molecule has 0 aliphatic heterocycles. The van der Waals surface area contributed by atoms with Crippen LogP contribution in [0.4, 0.5) is 8.78 Å².